The fraction of sp³-hybridized carbons (Fsp3) is 0.500. The molecule has 4 rings (SSSR count). The van der Waals surface area contributed by atoms with Gasteiger partial charge in [0.1, 0.15) is 11.6 Å². The monoisotopic (exact) mass is 360 g/mol. The highest BCUT2D eigenvalue weighted by atomic mass is 32.1. The summed E-state index contributed by atoms with van der Waals surface area (Å²) in [6.07, 6.45) is 4.76. The molecule has 2 aromatic rings. The predicted molar refractivity (Wildman–Crippen MR) is 95.2 cm³/mol. The minimum Gasteiger partial charge on any atom is -0.353 e. The minimum absolute atomic E-state index is 0.0406. The third-order valence-corrected chi connectivity index (χ3v) is 5.53. The van der Waals surface area contributed by atoms with Crippen LogP contribution >= 0.6 is 11.5 Å². The molecule has 0 radical (unpaired) electrons. The van der Waals surface area contributed by atoms with Crippen LogP contribution in [-0.2, 0) is 11.2 Å². The van der Waals surface area contributed by atoms with Crippen molar-refractivity contribution in [1.29, 1.82) is 0 Å². The van der Waals surface area contributed by atoms with E-state index in [1.807, 2.05) is 0 Å². The van der Waals surface area contributed by atoms with E-state index >= 15 is 0 Å². The molecular formula is C18H21FN4OS. The lowest BCUT2D eigenvalue weighted by Crippen LogP contribution is -2.43. The Hall–Kier alpha value is -2.02. The van der Waals surface area contributed by atoms with Crippen LogP contribution < -0.4 is 10.2 Å². The molecule has 132 valence electrons. The number of anilines is 1. The van der Waals surface area contributed by atoms with Crippen LogP contribution in [0.25, 0.3) is 0 Å². The molecular weight excluding hydrogens is 339 g/mol. The number of carbonyl (C=O) groups excluding carboxylic acids is 1. The molecule has 2 aliphatic rings. The molecule has 7 heteroatoms. The number of amides is 1. The molecule has 5 nitrogen and oxygen atoms in total. The van der Waals surface area contributed by atoms with Crippen molar-refractivity contribution in [2.45, 2.75) is 38.1 Å². The van der Waals surface area contributed by atoms with Gasteiger partial charge in [0, 0.05) is 37.1 Å². The van der Waals surface area contributed by atoms with E-state index in [1.165, 1.54) is 23.7 Å². The molecule has 0 bridgehead atoms. The summed E-state index contributed by atoms with van der Waals surface area (Å²) in [6, 6.07) is 6.84. The third kappa shape index (κ3) is 4.15. The molecule has 0 spiro atoms. The maximum atomic E-state index is 13.0. The van der Waals surface area contributed by atoms with Gasteiger partial charge in [0.2, 0.25) is 11.0 Å². The van der Waals surface area contributed by atoms with Gasteiger partial charge in [0.05, 0.1) is 5.92 Å². The van der Waals surface area contributed by atoms with Crippen LogP contribution in [0.4, 0.5) is 9.52 Å². The molecule has 2 fully saturated rings. The van der Waals surface area contributed by atoms with E-state index in [9.17, 15) is 9.18 Å². The summed E-state index contributed by atoms with van der Waals surface area (Å²) in [7, 11) is 0. The van der Waals surface area contributed by atoms with Crippen molar-refractivity contribution >= 4 is 22.6 Å². The Balaban J connectivity index is 1.38. The number of aromatic nitrogens is 2. The summed E-state index contributed by atoms with van der Waals surface area (Å²) in [5, 5.41) is 3.99. The first-order chi connectivity index (χ1) is 12.2. The first-order valence-electron chi connectivity index (χ1n) is 8.80. The lowest BCUT2D eigenvalue weighted by Gasteiger charge is -2.31. The highest BCUT2D eigenvalue weighted by Gasteiger charge is 2.31. The molecule has 2 heterocycles. The predicted octanol–water partition coefficient (Wildman–Crippen LogP) is 2.76. The Morgan fingerprint density at radius 3 is 2.84 bits per heavy atom. The van der Waals surface area contributed by atoms with Crippen molar-refractivity contribution in [3.8, 4) is 0 Å². The minimum atomic E-state index is -0.237. The Morgan fingerprint density at radius 1 is 1.28 bits per heavy atom. The lowest BCUT2D eigenvalue weighted by molar-refractivity contribution is -0.125. The molecule has 1 aliphatic heterocycles. The normalized spacial score (nSPS) is 20.5. The van der Waals surface area contributed by atoms with Crippen molar-refractivity contribution in [2.75, 3.05) is 18.0 Å². The Kier molecular flexibility index (Phi) is 4.65. The van der Waals surface area contributed by atoms with E-state index in [-0.39, 0.29) is 17.6 Å². The quantitative estimate of drug-likeness (QED) is 0.891. The number of hydrogen-bond acceptors (Lipinski definition) is 5. The van der Waals surface area contributed by atoms with Gasteiger partial charge in [-0.1, -0.05) is 12.1 Å². The van der Waals surface area contributed by atoms with E-state index in [0.717, 1.165) is 48.7 Å². The van der Waals surface area contributed by atoms with E-state index < -0.39 is 0 Å². The highest BCUT2D eigenvalue weighted by Crippen LogP contribution is 2.27. The fourth-order valence-corrected chi connectivity index (χ4v) is 3.86. The van der Waals surface area contributed by atoms with Gasteiger partial charge in [0.15, 0.2) is 0 Å². The van der Waals surface area contributed by atoms with Crippen LogP contribution in [0.2, 0.25) is 0 Å². The van der Waals surface area contributed by atoms with Crippen LogP contribution in [0.1, 0.15) is 37.1 Å². The second kappa shape index (κ2) is 7.07. The highest BCUT2D eigenvalue weighted by molar-refractivity contribution is 7.09. The SMILES string of the molecule is O=C(NC1CC1)C1CCCN(c2nc(Cc3ccc(F)cc3)ns2)C1. The summed E-state index contributed by atoms with van der Waals surface area (Å²) < 4.78 is 17.4. The van der Waals surface area contributed by atoms with Crippen LogP contribution in [-0.4, -0.2) is 34.4 Å². The molecule has 1 amide bonds. The van der Waals surface area contributed by atoms with Gasteiger partial charge in [0.25, 0.3) is 0 Å². The van der Waals surface area contributed by atoms with Gasteiger partial charge >= 0.3 is 0 Å². The summed E-state index contributed by atoms with van der Waals surface area (Å²) >= 11 is 1.38. The third-order valence-electron chi connectivity index (χ3n) is 4.72. The number of benzene rings is 1. The first-order valence-corrected chi connectivity index (χ1v) is 9.57. The van der Waals surface area contributed by atoms with E-state index in [4.69, 9.17) is 0 Å². The molecule has 1 aliphatic carbocycles. The van der Waals surface area contributed by atoms with Gasteiger partial charge in [-0.05, 0) is 43.4 Å². The van der Waals surface area contributed by atoms with E-state index in [1.54, 1.807) is 12.1 Å². The van der Waals surface area contributed by atoms with Crippen molar-refractivity contribution < 1.29 is 9.18 Å². The second-order valence-corrected chi connectivity index (χ2v) is 7.59. The Labute approximate surface area is 150 Å². The van der Waals surface area contributed by atoms with Gasteiger partial charge < -0.3 is 10.2 Å². The number of hydrogen-bond donors (Lipinski definition) is 1. The van der Waals surface area contributed by atoms with Crippen molar-refractivity contribution in [3.05, 3.63) is 41.5 Å². The zero-order valence-corrected chi connectivity index (χ0v) is 14.8. The number of rotatable bonds is 5. The Morgan fingerprint density at radius 2 is 2.08 bits per heavy atom. The topological polar surface area (TPSA) is 58.1 Å². The zero-order chi connectivity index (χ0) is 17.2. The number of halogens is 1. The van der Waals surface area contributed by atoms with Gasteiger partial charge in [-0.25, -0.2) is 9.37 Å². The summed E-state index contributed by atoms with van der Waals surface area (Å²) in [5.74, 6) is 0.734. The summed E-state index contributed by atoms with van der Waals surface area (Å²) in [5.41, 5.74) is 0.992. The number of carbonyl (C=O) groups is 1. The lowest BCUT2D eigenvalue weighted by atomic mass is 9.97. The van der Waals surface area contributed by atoms with Crippen molar-refractivity contribution in [1.82, 2.24) is 14.7 Å². The molecule has 1 aromatic heterocycles. The maximum Gasteiger partial charge on any atom is 0.225 e. The van der Waals surface area contributed by atoms with Crippen LogP contribution in [0.3, 0.4) is 0 Å². The van der Waals surface area contributed by atoms with Crippen LogP contribution in [0.5, 0.6) is 0 Å². The molecule has 1 saturated carbocycles. The first kappa shape index (κ1) is 16.4. The molecule has 25 heavy (non-hydrogen) atoms. The largest absolute Gasteiger partial charge is 0.353 e. The average molecular weight is 360 g/mol. The van der Waals surface area contributed by atoms with Crippen LogP contribution in [0, 0.1) is 11.7 Å². The van der Waals surface area contributed by atoms with Gasteiger partial charge in [-0.3, -0.25) is 4.79 Å². The maximum absolute atomic E-state index is 13.0. The second-order valence-electron chi connectivity index (χ2n) is 6.86. The zero-order valence-electron chi connectivity index (χ0n) is 13.9. The molecule has 1 unspecified atom stereocenters. The van der Waals surface area contributed by atoms with E-state index in [0.29, 0.717) is 19.0 Å². The van der Waals surface area contributed by atoms with Crippen molar-refractivity contribution in [2.24, 2.45) is 5.92 Å². The fourth-order valence-electron chi connectivity index (χ4n) is 3.14. The standard InChI is InChI=1S/C18H21FN4OS/c19-14-5-3-12(4-6-14)10-16-21-18(25-22-16)23-9-1-2-13(11-23)17(24)20-15-7-8-15/h3-6,13,15H,1-2,7-11H2,(H,20,24). The summed E-state index contributed by atoms with van der Waals surface area (Å²) in [6.45, 7) is 1.63. The average Bonchev–Trinajstić information content (AvgIpc) is 3.32. The number of piperidine rings is 1. The van der Waals surface area contributed by atoms with Gasteiger partial charge in [-0.15, -0.1) is 0 Å². The van der Waals surface area contributed by atoms with Crippen molar-refractivity contribution in [3.63, 3.8) is 0 Å². The van der Waals surface area contributed by atoms with Crippen LogP contribution in [0.15, 0.2) is 24.3 Å². The number of nitrogens with zero attached hydrogens (tertiary/aromatic N) is 3. The Bertz CT molecular complexity index is 744. The molecule has 1 N–H and O–H groups in total. The van der Waals surface area contributed by atoms with Gasteiger partial charge in [-0.2, -0.15) is 4.37 Å². The molecule has 1 saturated heterocycles. The number of nitrogens with one attached hydrogen (secondary N) is 1. The van der Waals surface area contributed by atoms with E-state index in [2.05, 4.69) is 19.6 Å². The smallest absolute Gasteiger partial charge is 0.225 e. The molecule has 1 atom stereocenters. The molecule has 1 aromatic carbocycles. The summed E-state index contributed by atoms with van der Waals surface area (Å²) in [4.78, 5) is 19.1.